The molecule has 1 heterocycles. The van der Waals surface area contributed by atoms with Crippen molar-refractivity contribution >= 4 is 16.9 Å². The van der Waals surface area contributed by atoms with Gasteiger partial charge in [0.05, 0.1) is 17.6 Å². The average Bonchev–Trinajstić information content (AvgIpc) is 3.04. The Morgan fingerprint density at radius 1 is 1.10 bits per heavy atom. The topological polar surface area (TPSA) is 56.1 Å². The Morgan fingerprint density at radius 3 is 2.60 bits per heavy atom. The van der Waals surface area contributed by atoms with Crippen molar-refractivity contribution in [3.63, 3.8) is 0 Å². The summed E-state index contributed by atoms with van der Waals surface area (Å²) in [6, 6.07) is 14.4. The van der Waals surface area contributed by atoms with Gasteiger partial charge in [0.2, 0.25) is 5.91 Å². The number of aromatic nitrogens is 2. The minimum Gasteiger partial charge on any atom is -0.492 e. The highest BCUT2D eigenvalue weighted by Gasteiger charge is 2.20. The number of carbonyl (C=O) groups excluding carboxylic acids is 1. The molecular formula is C25H33N3O2. The number of imidazole rings is 1. The third kappa shape index (κ3) is 5.41. The summed E-state index contributed by atoms with van der Waals surface area (Å²) in [6.07, 6.45) is 1.66. The number of benzene rings is 2. The Morgan fingerprint density at radius 2 is 1.87 bits per heavy atom. The molecule has 160 valence electrons. The van der Waals surface area contributed by atoms with Gasteiger partial charge in [-0.25, -0.2) is 4.98 Å². The third-order valence-corrected chi connectivity index (χ3v) is 5.34. The van der Waals surface area contributed by atoms with Crippen molar-refractivity contribution in [2.24, 2.45) is 5.41 Å². The van der Waals surface area contributed by atoms with Gasteiger partial charge in [-0.05, 0) is 55.7 Å². The van der Waals surface area contributed by atoms with E-state index >= 15 is 0 Å². The fraction of sp³-hybridized carbons (Fsp3) is 0.440. The Labute approximate surface area is 179 Å². The Balaban J connectivity index is 1.64. The summed E-state index contributed by atoms with van der Waals surface area (Å²) in [6.45, 7) is 12.0. The lowest BCUT2D eigenvalue weighted by molar-refractivity contribution is -0.128. The van der Waals surface area contributed by atoms with E-state index in [0.29, 0.717) is 13.2 Å². The summed E-state index contributed by atoms with van der Waals surface area (Å²) in [7, 11) is 0. The molecule has 0 aliphatic rings. The number of carbonyl (C=O) groups is 1. The van der Waals surface area contributed by atoms with Gasteiger partial charge >= 0.3 is 0 Å². The second-order valence-electron chi connectivity index (χ2n) is 8.87. The van der Waals surface area contributed by atoms with E-state index in [0.717, 1.165) is 42.0 Å². The molecule has 0 aliphatic heterocycles. The number of aryl methyl sites for hydroxylation is 3. The summed E-state index contributed by atoms with van der Waals surface area (Å²) in [5, 5.41) is 3.02. The standard InChI is InChI=1S/C25H33N3O2/c1-18-12-13-20(17-19(18)2)30-16-15-28-22-10-7-6-9-21(22)27-23(28)11-8-14-26-24(29)25(3,4)5/h6-7,9-10,12-13,17H,8,11,14-16H2,1-5H3,(H,26,29). The monoisotopic (exact) mass is 407 g/mol. The van der Waals surface area contributed by atoms with Crippen molar-refractivity contribution in [2.45, 2.75) is 54.0 Å². The van der Waals surface area contributed by atoms with Gasteiger partial charge in [-0.1, -0.05) is 39.0 Å². The molecule has 0 saturated carbocycles. The lowest BCUT2D eigenvalue weighted by Gasteiger charge is -2.17. The van der Waals surface area contributed by atoms with Crippen LogP contribution < -0.4 is 10.1 Å². The number of fused-ring (bicyclic) bond motifs is 1. The van der Waals surface area contributed by atoms with Crippen LogP contribution in [0.25, 0.3) is 11.0 Å². The van der Waals surface area contributed by atoms with Gasteiger partial charge in [-0.3, -0.25) is 4.79 Å². The number of nitrogens with one attached hydrogen (secondary N) is 1. The molecule has 0 aliphatic carbocycles. The molecular weight excluding hydrogens is 374 g/mol. The number of nitrogens with zero attached hydrogens (tertiary/aromatic N) is 2. The highest BCUT2D eigenvalue weighted by molar-refractivity contribution is 5.81. The smallest absolute Gasteiger partial charge is 0.225 e. The van der Waals surface area contributed by atoms with Crippen LogP contribution in [0.1, 0.15) is 44.1 Å². The molecule has 1 N–H and O–H groups in total. The second-order valence-corrected chi connectivity index (χ2v) is 8.87. The quantitative estimate of drug-likeness (QED) is 0.544. The minimum absolute atomic E-state index is 0.0813. The molecule has 3 aromatic rings. The third-order valence-electron chi connectivity index (χ3n) is 5.34. The molecule has 30 heavy (non-hydrogen) atoms. The van der Waals surface area contributed by atoms with Gasteiger partial charge in [0.15, 0.2) is 0 Å². The lowest BCUT2D eigenvalue weighted by atomic mass is 9.96. The van der Waals surface area contributed by atoms with Crippen LogP contribution in [0.15, 0.2) is 42.5 Å². The second kappa shape index (κ2) is 9.33. The zero-order chi connectivity index (χ0) is 21.7. The van der Waals surface area contributed by atoms with Crippen molar-refractivity contribution in [3.8, 4) is 5.75 Å². The zero-order valence-corrected chi connectivity index (χ0v) is 18.8. The van der Waals surface area contributed by atoms with E-state index in [-0.39, 0.29) is 11.3 Å². The van der Waals surface area contributed by atoms with E-state index < -0.39 is 0 Å². The van der Waals surface area contributed by atoms with Gasteiger partial charge in [0, 0.05) is 18.4 Å². The van der Waals surface area contributed by atoms with E-state index in [9.17, 15) is 4.79 Å². The molecule has 0 unspecified atom stereocenters. The molecule has 3 rings (SSSR count). The summed E-state index contributed by atoms with van der Waals surface area (Å²) in [5.74, 6) is 2.01. The van der Waals surface area contributed by atoms with Gasteiger partial charge in [0.25, 0.3) is 0 Å². The normalized spacial score (nSPS) is 11.6. The van der Waals surface area contributed by atoms with Crippen LogP contribution in [0.4, 0.5) is 0 Å². The van der Waals surface area contributed by atoms with Crippen LogP contribution in [-0.4, -0.2) is 28.6 Å². The number of rotatable bonds is 8. The number of ether oxygens (including phenoxy) is 1. The molecule has 1 aromatic heterocycles. The van der Waals surface area contributed by atoms with Gasteiger partial charge in [0.1, 0.15) is 18.2 Å². The number of para-hydroxylation sites is 2. The maximum atomic E-state index is 12.1. The molecule has 5 heteroatoms. The molecule has 1 amide bonds. The molecule has 0 radical (unpaired) electrons. The molecule has 0 atom stereocenters. The molecule has 0 fully saturated rings. The van der Waals surface area contributed by atoms with Crippen molar-refractivity contribution in [1.82, 2.24) is 14.9 Å². The zero-order valence-electron chi connectivity index (χ0n) is 18.8. The molecule has 5 nitrogen and oxygen atoms in total. The Bertz CT molecular complexity index is 1010. The average molecular weight is 408 g/mol. The SMILES string of the molecule is Cc1ccc(OCCn2c(CCCNC(=O)C(C)(C)C)nc3ccccc32)cc1C. The van der Waals surface area contributed by atoms with Crippen LogP contribution in [0, 0.1) is 19.3 Å². The summed E-state index contributed by atoms with van der Waals surface area (Å²) < 4.78 is 8.25. The molecule has 0 bridgehead atoms. The first-order chi connectivity index (χ1) is 14.3. The highest BCUT2D eigenvalue weighted by atomic mass is 16.5. The first-order valence-corrected chi connectivity index (χ1v) is 10.7. The van der Waals surface area contributed by atoms with Gasteiger partial charge in [-0.2, -0.15) is 0 Å². The maximum absolute atomic E-state index is 12.1. The fourth-order valence-corrected chi connectivity index (χ4v) is 3.34. The molecule has 0 spiro atoms. The summed E-state index contributed by atoms with van der Waals surface area (Å²) >= 11 is 0. The van der Waals surface area contributed by atoms with E-state index in [1.807, 2.05) is 45.0 Å². The predicted octanol–water partition coefficient (Wildman–Crippen LogP) is 4.83. The number of amides is 1. The Kier molecular flexibility index (Phi) is 6.80. The van der Waals surface area contributed by atoms with E-state index in [4.69, 9.17) is 9.72 Å². The first-order valence-electron chi connectivity index (χ1n) is 10.7. The lowest BCUT2D eigenvalue weighted by Crippen LogP contribution is -2.35. The van der Waals surface area contributed by atoms with Crippen molar-refractivity contribution in [3.05, 3.63) is 59.4 Å². The Hall–Kier alpha value is -2.82. The van der Waals surface area contributed by atoms with Gasteiger partial charge in [-0.15, -0.1) is 0 Å². The summed E-state index contributed by atoms with van der Waals surface area (Å²) in [5.41, 5.74) is 4.26. The summed E-state index contributed by atoms with van der Waals surface area (Å²) in [4.78, 5) is 16.9. The van der Waals surface area contributed by atoms with Crippen LogP contribution in [-0.2, 0) is 17.8 Å². The van der Waals surface area contributed by atoms with Crippen LogP contribution in [0.5, 0.6) is 5.75 Å². The van der Waals surface area contributed by atoms with Crippen LogP contribution in [0.3, 0.4) is 0 Å². The number of hydrogen-bond acceptors (Lipinski definition) is 3. The number of hydrogen-bond donors (Lipinski definition) is 1. The van der Waals surface area contributed by atoms with Crippen molar-refractivity contribution in [2.75, 3.05) is 13.2 Å². The minimum atomic E-state index is -0.362. The van der Waals surface area contributed by atoms with Crippen molar-refractivity contribution in [1.29, 1.82) is 0 Å². The predicted molar refractivity (Wildman–Crippen MR) is 122 cm³/mol. The van der Waals surface area contributed by atoms with Crippen LogP contribution >= 0.6 is 0 Å². The highest BCUT2D eigenvalue weighted by Crippen LogP contribution is 2.19. The maximum Gasteiger partial charge on any atom is 0.225 e. The molecule has 2 aromatic carbocycles. The van der Waals surface area contributed by atoms with E-state index in [1.54, 1.807) is 0 Å². The molecule has 0 saturated heterocycles. The van der Waals surface area contributed by atoms with Crippen molar-refractivity contribution < 1.29 is 9.53 Å². The largest absolute Gasteiger partial charge is 0.492 e. The van der Waals surface area contributed by atoms with Gasteiger partial charge < -0.3 is 14.6 Å². The van der Waals surface area contributed by atoms with E-state index in [2.05, 4.69) is 41.9 Å². The fourth-order valence-electron chi connectivity index (χ4n) is 3.34. The first kappa shape index (κ1) is 21.9. The van der Waals surface area contributed by atoms with Crippen LogP contribution in [0.2, 0.25) is 0 Å². The van der Waals surface area contributed by atoms with E-state index in [1.165, 1.54) is 11.1 Å².